The maximum Gasteiger partial charge on any atom is 0.401 e. The number of ether oxygens (including phenoxy) is 1. The molecule has 0 aromatic rings. The first kappa shape index (κ1) is 17.2. The van der Waals surface area contributed by atoms with Gasteiger partial charge >= 0.3 is 6.18 Å². The Morgan fingerprint density at radius 2 is 1.90 bits per heavy atom. The molecule has 1 heterocycles. The SMILES string of the molecule is COCCCC(N)C(=O)N1CCN(CC(F)(F)F)CC1. The molecule has 118 valence electrons. The Labute approximate surface area is 116 Å². The van der Waals surface area contributed by atoms with Crippen LogP contribution < -0.4 is 5.73 Å². The van der Waals surface area contributed by atoms with Crippen molar-refractivity contribution >= 4 is 5.91 Å². The van der Waals surface area contributed by atoms with Gasteiger partial charge in [0, 0.05) is 39.9 Å². The Morgan fingerprint density at radius 3 is 2.40 bits per heavy atom. The van der Waals surface area contributed by atoms with Gasteiger partial charge in [0.1, 0.15) is 0 Å². The van der Waals surface area contributed by atoms with Gasteiger partial charge in [-0.2, -0.15) is 13.2 Å². The van der Waals surface area contributed by atoms with Crippen molar-refractivity contribution < 1.29 is 22.7 Å². The van der Waals surface area contributed by atoms with E-state index in [1.807, 2.05) is 0 Å². The van der Waals surface area contributed by atoms with Crippen molar-refractivity contribution in [2.45, 2.75) is 25.1 Å². The standard InChI is InChI=1S/C12H22F3N3O2/c1-20-8-2-3-10(16)11(19)18-6-4-17(5-7-18)9-12(13,14)15/h10H,2-9,16H2,1H3. The zero-order valence-corrected chi connectivity index (χ0v) is 11.7. The number of methoxy groups -OCH3 is 1. The van der Waals surface area contributed by atoms with Crippen LogP contribution in [0.25, 0.3) is 0 Å². The fourth-order valence-corrected chi connectivity index (χ4v) is 2.19. The number of alkyl halides is 3. The summed E-state index contributed by atoms with van der Waals surface area (Å²) in [6, 6.07) is -0.598. The molecule has 1 unspecified atom stereocenters. The second-order valence-electron chi connectivity index (χ2n) is 4.96. The molecule has 0 aliphatic carbocycles. The zero-order valence-electron chi connectivity index (χ0n) is 11.7. The number of rotatable bonds is 6. The minimum atomic E-state index is -4.19. The van der Waals surface area contributed by atoms with Gasteiger partial charge in [-0.3, -0.25) is 9.69 Å². The monoisotopic (exact) mass is 297 g/mol. The molecule has 1 aliphatic heterocycles. The highest BCUT2D eigenvalue weighted by Gasteiger charge is 2.33. The van der Waals surface area contributed by atoms with E-state index in [0.29, 0.717) is 32.5 Å². The molecule has 0 spiro atoms. The molecule has 8 heteroatoms. The van der Waals surface area contributed by atoms with Crippen molar-refractivity contribution in [3.63, 3.8) is 0 Å². The number of piperazine rings is 1. The Kier molecular flexibility index (Phi) is 6.70. The Hall–Kier alpha value is -0.860. The van der Waals surface area contributed by atoms with Crippen LogP contribution in [0.5, 0.6) is 0 Å². The van der Waals surface area contributed by atoms with E-state index in [1.54, 1.807) is 12.0 Å². The van der Waals surface area contributed by atoms with Crippen LogP contribution >= 0.6 is 0 Å². The number of halogens is 3. The van der Waals surface area contributed by atoms with Crippen LogP contribution in [0.15, 0.2) is 0 Å². The second-order valence-corrected chi connectivity index (χ2v) is 4.96. The highest BCUT2D eigenvalue weighted by atomic mass is 19.4. The van der Waals surface area contributed by atoms with Crippen LogP contribution in [0, 0.1) is 0 Å². The summed E-state index contributed by atoms with van der Waals surface area (Å²) in [6.45, 7) is 0.682. The first-order valence-electron chi connectivity index (χ1n) is 6.66. The molecule has 1 amide bonds. The lowest BCUT2D eigenvalue weighted by molar-refractivity contribution is -0.152. The molecule has 1 aliphatic rings. The van der Waals surface area contributed by atoms with E-state index in [-0.39, 0.29) is 19.0 Å². The summed E-state index contributed by atoms with van der Waals surface area (Å²) in [6.07, 6.45) is -2.98. The van der Waals surface area contributed by atoms with Crippen molar-refractivity contribution in [1.29, 1.82) is 0 Å². The van der Waals surface area contributed by atoms with Gasteiger partial charge in [-0.25, -0.2) is 0 Å². The number of hydrogen-bond donors (Lipinski definition) is 1. The highest BCUT2D eigenvalue weighted by molar-refractivity contribution is 5.81. The summed E-state index contributed by atoms with van der Waals surface area (Å²) in [5, 5.41) is 0. The first-order chi connectivity index (χ1) is 9.33. The third kappa shape index (κ3) is 6.06. The molecule has 2 N–H and O–H groups in total. The van der Waals surface area contributed by atoms with Crippen LogP contribution in [0.3, 0.4) is 0 Å². The van der Waals surface area contributed by atoms with Gasteiger partial charge in [-0.1, -0.05) is 0 Å². The molecular weight excluding hydrogens is 275 g/mol. The van der Waals surface area contributed by atoms with Gasteiger partial charge in [0.05, 0.1) is 12.6 Å². The lowest BCUT2D eigenvalue weighted by Crippen LogP contribution is -2.54. The van der Waals surface area contributed by atoms with Gasteiger partial charge in [0.2, 0.25) is 5.91 Å². The maximum absolute atomic E-state index is 12.2. The quantitative estimate of drug-likeness (QED) is 0.723. The summed E-state index contributed by atoms with van der Waals surface area (Å²) in [7, 11) is 1.58. The summed E-state index contributed by atoms with van der Waals surface area (Å²) < 4.78 is 41.6. The summed E-state index contributed by atoms with van der Waals surface area (Å²) in [4.78, 5) is 14.9. The van der Waals surface area contributed by atoms with Crippen LogP contribution in [0.4, 0.5) is 13.2 Å². The molecular formula is C12H22F3N3O2. The Morgan fingerprint density at radius 1 is 1.30 bits per heavy atom. The summed E-state index contributed by atoms with van der Waals surface area (Å²) in [5.74, 6) is -0.187. The van der Waals surface area contributed by atoms with Crippen molar-refractivity contribution in [2.75, 3.05) is 46.4 Å². The van der Waals surface area contributed by atoms with Gasteiger partial charge in [-0.05, 0) is 12.8 Å². The van der Waals surface area contributed by atoms with Crippen LogP contribution in [-0.2, 0) is 9.53 Å². The number of carbonyl (C=O) groups is 1. The Bertz CT molecular complexity index is 305. The average Bonchev–Trinajstić information content (AvgIpc) is 2.37. The Balaban J connectivity index is 2.31. The van der Waals surface area contributed by atoms with Crippen molar-refractivity contribution in [3.05, 3.63) is 0 Å². The van der Waals surface area contributed by atoms with Gasteiger partial charge in [-0.15, -0.1) is 0 Å². The van der Waals surface area contributed by atoms with Crippen LogP contribution in [0.1, 0.15) is 12.8 Å². The van der Waals surface area contributed by atoms with Crippen molar-refractivity contribution in [3.8, 4) is 0 Å². The number of carbonyl (C=O) groups excluding carboxylic acids is 1. The normalized spacial score (nSPS) is 19.1. The highest BCUT2D eigenvalue weighted by Crippen LogP contribution is 2.17. The largest absolute Gasteiger partial charge is 0.401 e. The number of nitrogens with zero attached hydrogens (tertiary/aromatic N) is 2. The molecule has 1 fully saturated rings. The van der Waals surface area contributed by atoms with Gasteiger partial charge in [0.15, 0.2) is 0 Å². The summed E-state index contributed by atoms with van der Waals surface area (Å²) >= 11 is 0. The van der Waals surface area contributed by atoms with E-state index in [2.05, 4.69) is 0 Å². The molecule has 0 aromatic heterocycles. The minimum absolute atomic E-state index is 0.187. The van der Waals surface area contributed by atoms with Crippen LogP contribution in [0.2, 0.25) is 0 Å². The fourth-order valence-electron chi connectivity index (χ4n) is 2.19. The third-order valence-electron chi connectivity index (χ3n) is 3.27. The predicted molar refractivity (Wildman–Crippen MR) is 68.2 cm³/mol. The van der Waals surface area contributed by atoms with Crippen molar-refractivity contribution in [1.82, 2.24) is 9.80 Å². The van der Waals surface area contributed by atoms with Crippen molar-refractivity contribution in [2.24, 2.45) is 5.73 Å². The van der Waals surface area contributed by atoms with Crippen LogP contribution in [-0.4, -0.2) is 74.4 Å². The van der Waals surface area contributed by atoms with E-state index in [4.69, 9.17) is 10.5 Å². The number of amides is 1. The molecule has 0 bridgehead atoms. The number of hydrogen-bond acceptors (Lipinski definition) is 4. The average molecular weight is 297 g/mol. The first-order valence-corrected chi connectivity index (χ1v) is 6.66. The lowest BCUT2D eigenvalue weighted by atomic mass is 10.1. The van der Waals surface area contributed by atoms with E-state index in [9.17, 15) is 18.0 Å². The molecule has 0 aromatic carbocycles. The fraction of sp³-hybridized carbons (Fsp3) is 0.917. The summed E-state index contributed by atoms with van der Waals surface area (Å²) in [5.41, 5.74) is 5.78. The molecule has 1 saturated heterocycles. The predicted octanol–water partition coefficient (Wildman–Crippen LogP) is 0.447. The third-order valence-corrected chi connectivity index (χ3v) is 3.27. The number of nitrogens with two attached hydrogens (primary N) is 1. The lowest BCUT2D eigenvalue weighted by Gasteiger charge is -2.36. The second kappa shape index (κ2) is 7.80. The van der Waals surface area contributed by atoms with E-state index in [1.165, 1.54) is 4.90 Å². The molecule has 0 radical (unpaired) electrons. The van der Waals surface area contributed by atoms with E-state index < -0.39 is 18.8 Å². The molecule has 1 atom stereocenters. The molecule has 1 rings (SSSR count). The zero-order chi connectivity index (χ0) is 15.2. The maximum atomic E-state index is 12.2. The van der Waals surface area contributed by atoms with Gasteiger partial charge < -0.3 is 15.4 Å². The smallest absolute Gasteiger partial charge is 0.385 e. The molecule has 0 saturated carbocycles. The van der Waals surface area contributed by atoms with E-state index in [0.717, 1.165) is 0 Å². The minimum Gasteiger partial charge on any atom is -0.385 e. The van der Waals surface area contributed by atoms with Gasteiger partial charge in [0.25, 0.3) is 0 Å². The molecule has 20 heavy (non-hydrogen) atoms. The topological polar surface area (TPSA) is 58.8 Å². The molecule has 5 nitrogen and oxygen atoms in total. The van der Waals surface area contributed by atoms with E-state index >= 15 is 0 Å².